The number of hydrogen-bond acceptors (Lipinski definition) is 4. The number of halogens is 1. The Morgan fingerprint density at radius 3 is 2.81 bits per heavy atom. The van der Waals surface area contributed by atoms with Gasteiger partial charge in [0.15, 0.2) is 0 Å². The van der Waals surface area contributed by atoms with Gasteiger partial charge in [-0.2, -0.15) is 0 Å². The van der Waals surface area contributed by atoms with Crippen LogP contribution in [0.1, 0.15) is 27.2 Å². The van der Waals surface area contributed by atoms with Crippen molar-refractivity contribution in [1.82, 2.24) is 4.90 Å². The van der Waals surface area contributed by atoms with Crippen LogP contribution >= 0.6 is 11.6 Å². The molecule has 1 N–H and O–H groups in total. The van der Waals surface area contributed by atoms with Crippen molar-refractivity contribution in [3.8, 4) is 5.75 Å². The number of rotatable bonds is 10. The van der Waals surface area contributed by atoms with E-state index in [1.807, 2.05) is 25.1 Å². The van der Waals surface area contributed by atoms with Gasteiger partial charge in [0, 0.05) is 18.3 Å². The SMILES string of the molecule is C/C=N\CNc1ccc(Cl)c(OCCN(CC)CCC)c1. The molecular weight excluding hydrogens is 286 g/mol. The van der Waals surface area contributed by atoms with E-state index in [1.54, 1.807) is 6.21 Å². The maximum absolute atomic E-state index is 6.17. The quantitative estimate of drug-likeness (QED) is 0.666. The summed E-state index contributed by atoms with van der Waals surface area (Å²) >= 11 is 6.17. The molecule has 0 spiro atoms. The summed E-state index contributed by atoms with van der Waals surface area (Å²) < 4.78 is 5.81. The normalized spacial score (nSPS) is 11.3. The van der Waals surface area contributed by atoms with Crippen LogP contribution in [-0.2, 0) is 0 Å². The van der Waals surface area contributed by atoms with E-state index in [0.29, 0.717) is 18.3 Å². The first-order chi connectivity index (χ1) is 10.2. The van der Waals surface area contributed by atoms with Crippen molar-refractivity contribution < 1.29 is 4.74 Å². The molecule has 0 unspecified atom stereocenters. The predicted octanol–water partition coefficient (Wildman–Crippen LogP) is 3.91. The van der Waals surface area contributed by atoms with Crippen molar-refractivity contribution >= 4 is 23.5 Å². The van der Waals surface area contributed by atoms with Crippen molar-refractivity contribution in [2.45, 2.75) is 27.2 Å². The number of hydrogen-bond donors (Lipinski definition) is 1. The lowest BCUT2D eigenvalue weighted by Crippen LogP contribution is -2.29. The molecule has 4 nitrogen and oxygen atoms in total. The lowest BCUT2D eigenvalue weighted by Gasteiger charge is -2.20. The lowest BCUT2D eigenvalue weighted by atomic mass is 10.3. The van der Waals surface area contributed by atoms with E-state index in [-0.39, 0.29) is 0 Å². The molecule has 0 amide bonds. The molecule has 1 aromatic carbocycles. The minimum absolute atomic E-state index is 0.553. The van der Waals surface area contributed by atoms with Gasteiger partial charge in [0.2, 0.25) is 0 Å². The fourth-order valence-corrected chi connectivity index (χ4v) is 2.15. The first kappa shape index (κ1) is 17.8. The number of aliphatic imine (C=N–C) groups is 1. The lowest BCUT2D eigenvalue weighted by molar-refractivity contribution is 0.216. The summed E-state index contributed by atoms with van der Waals surface area (Å²) in [5.41, 5.74) is 0.959. The van der Waals surface area contributed by atoms with Crippen LogP contribution in [0, 0.1) is 0 Å². The standard InChI is InChI=1S/C16H26ClN3O/c1-4-9-20(6-3)10-11-21-16-12-14(7-8-15(16)17)19-13-18-5-2/h5,7-8,12,19H,4,6,9-11,13H2,1-3H3/b18-5-. The van der Waals surface area contributed by atoms with E-state index in [1.165, 1.54) is 0 Å². The zero-order valence-corrected chi connectivity index (χ0v) is 14.0. The van der Waals surface area contributed by atoms with E-state index < -0.39 is 0 Å². The van der Waals surface area contributed by atoms with Crippen LogP contribution < -0.4 is 10.1 Å². The number of anilines is 1. The van der Waals surface area contributed by atoms with Crippen molar-refractivity contribution in [2.24, 2.45) is 4.99 Å². The molecule has 0 atom stereocenters. The van der Waals surface area contributed by atoms with Crippen molar-refractivity contribution in [3.63, 3.8) is 0 Å². The number of benzene rings is 1. The molecule has 0 saturated heterocycles. The Bertz CT molecular complexity index is 438. The molecule has 0 aliphatic carbocycles. The zero-order valence-electron chi connectivity index (χ0n) is 13.2. The molecular formula is C16H26ClN3O. The van der Waals surface area contributed by atoms with Crippen LogP contribution in [0.5, 0.6) is 5.75 Å². The van der Waals surface area contributed by atoms with Crippen molar-refractivity contribution in [3.05, 3.63) is 23.2 Å². The first-order valence-electron chi connectivity index (χ1n) is 7.54. The molecule has 1 rings (SSSR count). The largest absolute Gasteiger partial charge is 0.491 e. The highest BCUT2D eigenvalue weighted by atomic mass is 35.5. The predicted molar refractivity (Wildman–Crippen MR) is 92.0 cm³/mol. The molecule has 0 aliphatic heterocycles. The summed E-state index contributed by atoms with van der Waals surface area (Å²) in [6.45, 7) is 10.5. The highest BCUT2D eigenvalue weighted by Crippen LogP contribution is 2.27. The smallest absolute Gasteiger partial charge is 0.140 e. The maximum atomic E-state index is 6.17. The van der Waals surface area contributed by atoms with Gasteiger partial charge in [0.05, 0.1) is 5.02 Å². The fraction of sp³-hybridized carbons (Fsp3) is 0.562. The van der Waals surface area contributed by atoms with Crippen LogP contribution in [-0.4, -0.2) is 44.0 Å². The minimum atomic E-state index is 0.553. The highest BCUT2D eigenvalue weighted by Gasteiger charge is 2.05. The minimum Gasteiger partial charge on any atom is -0.491 e. The van der Waals surface area contributed by atoms with Gasteiger partial charge < -0.3 is 15.0 Å². The second kappa shape index (κ2) is 10.5. The average molecular weight is 312 g/mol. The van der Waals surface area contributed by atoms with Crippen molar-refractivity contribution in [2.75, 3.05) is 38.2 Å². The molecule has 0 aromatic heterocycles. The van der Waals surface area contributed by atoms with Gasteiger partial charge in [0.1, 0.15) is 19.0 Å². The summed E-state index contributed by atoms with van der Waals surface area (Å²) in [6, 6.07) is 5.69. The summed E-state index contributed by atoms with van der Waals surface area (Å²) in [7, 11) is 0. The molecule has 118 valence electrons. The molecule has 1 aromatic rings. The Morgan fingerprint density at radius 2 is 2.14 bits per heavy atom. The Labute approximate surface area is 133 Å². The van der Waals surface area contributed by atoms with E-state index in [9.17, 15) is 0 Å². The third-order valence-electron chi connectivity index (χ3n) is 3.14. The maximum Gasteiger partial charge on any atom is 0.140 e. The average Bonchev–Trinajstić information content (AvgIpc) is 2.49. The van der Waals surface area contributed by atoms with Crippen LogP contribution in [0.2, 0.25) is 5.02 Å². The summed E-state index contributed by atoms with van der Waals surface area (Å²) in [5.74, 6) is 0.717. The molecule has 0 heterocycles. The molecule has 21 heavy (non-hydrogen) atoms. The second-order valence-corrected chi connectivity index (χ2v) is 5.11. The van der Waals surface area contributed by atoms with Crippen LogP contribution in [0.4, 0.5) is 5.69 Å². The van der Waals surface area contributed by atoms with Gasteiger partial charge in [-0.3, -0.25) is 4.99 Å². The molecule has 0 fully saturated rings. The van der Waals surface area contributed by atoms with Gasteiger partial charge in [-0.05, 0) is 44.8 Å². The molecule has 0 saturated carbocycles. The topological polar surface area (TPSA) is 36.9 Å². The van der Waals surface area contributed by atoms with Gasteiger partial charge in [-0.1, -0.05) is 25.4 Å². The first-order valence-corrected chi connectivity index (χ1v) is 7.92. The third-order valence-corrected chi connectivity index (χ3v) is 3.45. The van der Waals surface area contributed by atoms with E-state index in [4.69, 9.17) is 16.3 Å². The van der Waals surface area contributed by atoms with Crippen LogP contribution in [0.3, 0.4) is 0 Å². The summed E-state index contributed by atoms with van der Waals surface area (Å²) in [4.78, 5) is 6.49. The Balaban J connectivity index is 2.51. The summed E-state index contributed by atoms with van der Waals surface area (Å²) in [5, 5.41) is 3.83. The summed E-state index contributed by atoms with van der Waals surface area (Å²) in [6.07, 6.45) is 2.93. The molecule has 0 aliphatic rings. The van der Waals surface area contributed by atoms with Gasteiger partial charge in [-0.25, -0.2) is 0 Å². The third kappa shape index (κ3) is 6.82. The molecule has 5 heteroatoms. The van der Waals surface area contributed by atoms with Gasteiger partial charge in [-0.15, -0.1) is 0 Å². The van der Waals surface area contributed by atoms with E-state index >= 15 is 0 Å². The zero-order chi connectivity index (χ0) is 15.5. The fourth-order valence-electron chi connectivity index (χ4n) is 1.98. The number of nitrogens with zero attached hydrogens (tertiary/aromatic N) is 2. The van der Waals surface area contributed by atoms with Gasteiger partial charge in [0.25, 0.3) is 0 Å². The van der Waals surface area contributed by atoms with E-state index in [2.05, 4.69) is 29.1 Å². The van der Waals surface area contributed by atoms with E-state index in [0.717, 1.165) is 37.5 Å². The number of ether oxygens (including phenoxy) is 1. The molecule has 0 radical (unpaired) electrons. The Kier molecular flexibility index (Phi) is 8.87. The number of likely N-dealkylation sites (N-methyl/N-ethyl adjacent to an activating group) is 1. The highest BCUT2D eigenvalue weighted by molar-refractivity contribution is 6.32. The van der Waals surface area contributed by atoms with Crippen LogP contribution in [0.25, 0.3) is 0 Å². The Hall–Kier alpha value is -1.26. The molecule has 0 bridgehead atoms. The Morgan fingerprint density at radius 1 is 1.33 bits per heavy atom. The van der Waals surface area contributed by atoms with Crippen LogP contribution in [0.15, 0.2) is 23.2 Å². The van der Waals surface area contributed by atoms with Crippen molar-refractivity contribution in [1.29, 1.82) is 0 Å². The number of nitrogens with one attached hydrogen (secondary N) is 1. The monoisotopic (exact) mass is 311 g/mol. The van der Waals surface area contributed by atoms with Gasteiger partial charge >= 0.3 is 0 Å². The second-order valence-electron chi connectivity index (χ2n) is 4.70.